The molecule has 0 bridgehead atoms. The topological polar surface area (TPSA) is 136 Å². The number of rotatable bonds is 12. The first-order chi connectivity index (χ1) is 19.7. The molecule has 0 fully saturated rings. The lowest BCUT2D eigenvalue weighted by Gasteiger charge is -2.31. The van der Waals surface area contributed by atoms with Crippen LogP contribution >= 0.6 is 11.6 Å². The normalized spacial score (nSPS) is 12.2. The summed E-state index contributed by atoms with van der Waals surface area (Å²) < 4.78 is 16.7. The first-order valence-corrected chi connectivity index (χ1v) is 13.6. The number of aromatic nitrogens is 2. The summed E-state index contributed by atoms with van der Waals surface area (Å²) >= 11 is 6.06. The molecule has 11 heteroatoms. The molecular weight excluding hydrogens is 548 g/mol. The molecule has 0 saturated carbocycles. The van der Waals surface area contributed by atoms with Gasteiger partial charge in [-0.3, -0.25) is 9.59 Å². The summed E-state index contributed by atoms with van der Waals surface area (Å²) in [5.74, 6) is 0.234. The first kappa shape index (κ1) is 29.8. The minimum Gasteiger partial charge on any atom is -0.469 e. The molecule has 0 aliphatic heterocycles. The highest BCUT2D eigenvalue weighted by Gasteiger charge is 2.43. The summed E-state index contributed by atoms with van der Waals surface area (Å²) in [4.78, 5) is 38.0. The number of aromatic amines is 1. The van der Waals surface area contributed by atoms with E-state index in [0.29, 0.717) is 47.1 Å². The Bertz CT molecular complexity index is 1580. The molecule has 0 radical (unpaired) electrons. The van der Waals surface area contributed by atoms with Crippen molar-refractivity contribution in [2.24, 2.45) is 5.41 Å². The van der Waals surface area contributed by atoms with E-state index in [9.17, 15) is 14.4 Å². The smallest absolute Gasteiger partial charge is 0.341 e. The van der Waals surface area contributed by atoms with Crippen LogP contribution in [-0.4, -0.2) is 48.9 Å². The number of halogens is 1. The van der Waals surface area contributed by atoms with Crippen LogP contribution in [-0.2, 0) is 14.3 Å². The van der Waals surface area contributed by atoms with Gasteiger partial charge < -0.3 is 24.5 Å². The van der Waals surface area contributed by atoms with E-state index in [4.69, 9.17) is 25.5 Å². The lowest BCUT2D eigenvalue weighted by molar-refractivity contribution is -0.153. The summed E-state index contributed by atoms with van der Waals surface area (Å²) in [7, 11) is 1.32. The molecule has 10 nitrogen and oxygen atoms in total. The highest BCUT2D eigenvalue weighted by molar-refractivity contribution is 6.30. The Hall–Kier alpha value is -4.15. The SMILES string of the molecule is CCOC(=O)c1cc(-c2ccc(Cl)cc2)oc1C(NCCCNc1n[nH]c(=O)c2ccccc12)C(C)(C)C(=O)OC. The van der Waals surface area contributed by atoms with Gasteiger partial charge in [0.25, 0.3) is 5.56 Å². The Kier molecular flexibility index (Phi) is 9.46. The standard InChI is InChI=1S/C30H33ClN4O6/c1-5-40-28(37)22-17-23(18-11-13-19(31)14-12-18)41-24(22)25(30(2,3)29(38)39-4)32-15-8-16-33-26-20-9-6-7-10-21(20)27(36)35-34-26/h6-7,9-14,17,25,32H,5,8,15-16H2,1-4H3,(H,33,34)(H,35,36). The van der Waals surface area contributed by atoms with Crippen molar-refractivity contribution in [3.05, 3.63) is 81.3 Å². The second-order valence-electron chi connectivity index (χ2n) is 9.94. The van der Waals surface area contributed by atoms with Gasteiger partial charge >= 0.3 is 11.9 Å². The molecular formula is C30H33ClN4O6. The number of nitrogens with one attached hydrogen (secondary N) is 3. The van der Waals surface area contributed by atoms with Crippen LogP contribution in [0.5, 0.6) is 0 Å². The minimum atomic E-state index is -1.12. The number of ether oxygens (including phenoxy) is 2. The summed E-state index contributed by atoms with van der Waals surface area (Å²) in [5.41, 5.74) is -0.441. The van der Waals surface area contributed by atoms with Crippen molar-refractivity contribution in [1.29, 1.82) is 0 Å². The van der Waals surface area contributed by atoms with Gasteiger partial charge in [-0.25, -0.2) is 9.89 Å². The van der Waals surface area contributed by atoms with Crippen molar-refractivity contribution in [3.63, 3.8) is 0 Å². The molecule has 3 N–H and O–H groups in total. The predicted octanol–water partition coefficient (Wildman–Crippen LogP) is 5.35. The zero-order valence-corrected chi connectivity index (χ0v) is 24.1. The van der Waals surface area contributed by atoms with Crippen LogP contribution in [0.2, 0.25) is 5.02 Å². The largest absolute Gasteiger partial charge is 0.469 e. The molecule has 0 aliphatic carbocycles. The average molecular weight is 581 g/mol. The monoisotopic (exact) mass is 580 g/mol. The summed E-state index contributed by atoms with van der Waals surface area (Å²) in [6.07, 6.45) is 0.613. The fourth-order valence-corrected chi connectivity index (χ4v) is 4.72. The lowest BCUT2D eigenvalue weighted by Crippen LogP contribution is -2.41. The Morgan fingerprint density at radius 2 is 1.80 bits per heavy atom. The van der Waals surface area contributed by atoms with Crippen LogP contribution in [0.4, 0.5) is 5.82 Å². The molecule has 0 spiro atoms. The van der Waals surface area contributed by atoms with Crippen molar-refractivity contribution in [3.8, 4) is 11.3 Å². The molecule has 41 heavy (non-hydrogen) atoms. The van der Waals surface area contributed by atoms with E-state index in [-0.39, 0.29) is 23.5 Å². The Morgan fingerprint density at radius 3 is 2.49 bits per heavy atom. The van der Waals surface area contributed by atoms with Crippen LogP contribution < -0.4 is 16.2 Å². The van der Waals surface area contributed by atoms with Crippen molar-refractivity contribution in [2.45, 2.75) is 33.2 Å². The molecule has 2 aromatic carbocycles. The Morgan fingerprint density at radius 1 is 1.10 bits per heavy atom. The van der Waals surface area contributed by atoms with Crippen LogP contribution in [0.1, 0.15) is 49.4 Å². The third-order valence-corrected chi connectivity index (χ3v) is 7.02. The van der Waals surface area contributed by atoms with Crippen molar-refractivity contribution in [1.82, 2.24) is 15.5 Å². The fraction of sp³-hybridized carbons (Fsp3) is 0.333. The van der Waals surface area contributed by atoms with Gasteiger partial charge in [-0.1, -0.05) is 29.8 Å². The molecule has 0 saturated heterocycles. The van der Waals surface area contributed by atoms with Crippen LogP contribution in [0.25, 0.3) is 22.1 Å². The number of furan rings is 1. The molecule has 216 valence electrons. The average Bonchev–Trinajstić information content (AvgIpc) is 3.41. The number of esters is 2. The van der Waals surface area contributed by atoms with E-state index < -0.39 is 23.4 Å². The van der Waals surface area contributed by atoms with Gasteiger partial charge in [0.05, 0.1) is 30.6 Å². The maximum Gasteiger partial charge on any atom is 0.341 e. The number of hydrogen-bond acceptors (Lipinski definition) is 9. The lowest BCUT2D eigenvalue weighted by atomic mass is 9.81. The third kappa shape index (κ3) is 6.61. The van der Waals surface area contributed by atoms with Crippen LogP contribution in [0.15, 0.2) is 63.8 Å². The molecule has 2 aromatic heterocycles. The van der Waals surface area contributed by atoms with E-state index in [2.05, 4.69) is 20.8 Å². The van der Waals surface area contributed by atoms with E-state index >= 15 is 0 Å². The van der Waals surface area contributed by atoms with Gasteiger partial charge in [0.15, 0.2) is 5.82 Å². The van der Waals surface area contributed by atoms with Gasteiger partial charge in [-0.15, -0.1) is 0 Å². The molecule has 0 aliphatic rings. The van der Waals surface area contributed by atoms with Crippen molar-refractivity contribution < 1.29 is 23.5 Å². The maximum absolute atomic E-state index is 13.0. The number of fused-ring (bicyclic) bond motifs is 1. The third-order valence-electron chi connectivity index (χ3n) is 6.77. The van der Waals surface area contributed by atoms with Gasteiger partial charge in [0, 0.05) is 22.5 Å². The quantitative estimate of drug-likeness (QED) is 0.150. The molecule has 4 rings (SSSR count). The Balaban J connectivity index is 1.58. The highest BCUT2D eigenvalue weighted by atomic mass is 35.5. The van der Waals surface area contributed by atoms with Gasteiger partial charge in [0.1, 0.15) is 17.1 Å². The fourth-order valence-electron chi connectivity index (χ4n) is 4.59. The zero-order valence-electron chi connectivity index (χ0n) is 23.4. The van der Waals surface area contributed by atoms with Crippen molar-refractivity contribution >= 4 is 40.1 Å². The summed E-state index contributed by atoms with van der Waals surface area (Å²) in [5, 5.41) is 15.1. The van der Waals surface area contributed by atoms with E-state index in [1.54, 1.807) is 63.2 Å². The van der Waals surface area contributed by atoms with E-state index in [1.165, 1.54) is 7.11 Å². The molecule has 1 unspecified atom stereocenters. The summed E-state index contributed by atoms with van der Waals surface area (Å²) in [6, 6.07) is 15.1. The first-order valence-electron chi connectivity index (χ1n) is 13.3. The highest BCUT2D eigenvalue weighted by Crippen LogP contribution is 2.40. The van der Waals surface area contributed by atoms with Gasteiger partial charge in [-0.05, 0) is 70.1 Å². The number of carbonyl (C=O) groups excluding carboxylic acids is 2. The molecule has 2 heterocycles. The number of methoxy groups -OCH3 is 1. The number of hydrogen-bond donors (Lipinski definition) is 3. The number of nitrogens with zero attached hydrogens (tertiary/aromatic N) is 1. The van der Waals surface area contributed by atoms with E-state index in [1.807, 2.05) is 12.1 Å². The van der Waals surface area contributed by atoms with Crippen molar-refractivity contribution in [2.75, 3.05) is 32.1 Å². The number of benzene rings is 2. The maximum atomic E-state index is 13.0. The molecule has 0 amide bonds. The van der Waals surface area contributed by atoms with E-state index in [0.717, 1.165) is 5.39 Å². The second-order valence-corrected chi connectivity index (χ2v) is 10.4. The minimum absolute atomic E-state index is 0.178. The number of anilines is 1. The van der Waals surface area contributed by atoms with Gasteiger partial charge in [0.2, 0.25) is 0 Å². The zero-order chi connectivity index (χ0) is 29.6. The second kappa shape index (κ2) is 13.0. The molecule has 1 atom stereocenters. The molecule has 4 aromatic rings. The summed E-state index contributed by atoms with van der Waals surface area (Å²) in [6.45, 7) is 6.31. The van der Waals surface area contributed by atoms with Crippen LogP contribution in [0, 0.1) is 5.41 Å². The predicted molar refractivity (Wildman–Crippen MR) is 157 cm³/mol. The van der Waals surface area contributed by atoms with Gasteiger partial charge in [-0.2, -0.15) is 5.10 Å². The number of H-pyrrole nitrogens is 1. The Labute approximate surface area is 242 Å². The van der Waals surface area contributed by atoms with Crippen LogP contribution in [0.3, 0.4) is 0 Å². The number of carbonyl (C=O) groups is 2.